The summed E-state index contributed by atoms with van der Waals surface area (Å²) in [6.45, 7) is 0.238. The fraction of sp³-hybridized carbons (Fsp3) is 0.300. The SMILES string of the molecule is NS(=O)(=O)c1ccc(Nc2ncc3cc4n(c3n2)CCCCCC(=O)NN=C4C(F)(F)F)cc1. The number of fused-ring (bicyclic) bond motifs is 3. The molecule has 1 aliphatic heterocycles. The second-order valence-electron chi connectivity index (χ2n) is 7.65. The van der Waals surface area contributed by atoms with E-state index in [9.17, 15) is 26.4 Å². The molecule has 0 radical (unpaired) electrons. The van der Waals surface area contributed by atoms with Crippen molar-refractivity contribution in [3.8, 4) is 0 Å². The Labute approximate surface area is 192 Å². The third-order valence-electron chi connectivity index (χ3n) is 5.16. The third-order valence-corrected chi connectivity index (χ3v) is 6.09. The number of halogens is 3. The van der Waals surface area contributed by atoms with Gasteiger partial charge < -0.3 is 9.88 Å². The number of amides is 1. The van der Waals surface area contributed by atoms with Crippen LogP contribution in [0.3, 0.4) is 0 Å². The summed E-state index contributed by atoms with van der Waals surface area (Å²) in [6, 6.07) is 6.82. The Bertz CT molecular complexity index is 1370. The molecule has 0 fully saturated rings. The van der Waals surface area contributed by atoms with E-state index in [4.69, 9.17) is 5.14 Å². The summed E-state index contributed by atoms with van der Waals surface area (Å²) in [7, 11) is -3.85. The molecule has 0 unspecified atom stereocenters. The highest BCUT2D eigenvalue weighted by molar-refractivity contribution is 7.89. The Morgan fingerprint density at radius 2 is 1.85 bits per heavy atom. The van der Waals surface area contributed by atoms with Crippen LogP contribution < -0.4 is 15.9 Å². The van der Waals surface area contributed by atoms with E-state index in [1.165, 1.54) is 41.1 Å². The Balaban J connectivity index is 1.75. The monoisotopic (exact) mass is 495 g/mol. The molecule has 0 saturated carbocycles. The summed E-state index contributed by atoms with van der Waals surface area (Å²) >= 11 is 0. The number of nitrogens with one attached hydrogen (secondary N) is 2. The number of carbonyl (C=O) groups excluding carboxylic acids is 1. The minimum Gasteiger partial charge on any atom is -0.324 e. The van der Waals surface area contributed by atoms with Crippen LogP contribution in [0.2, 0.25) is 0 Å². The summed E-state index contributed by atoms with van der Waals surface area (Å²) < 4.78 is 65.7. The number of hydrogen-bond donors (Lipinski definition) is 3. The van der Waals surface area contributed by atoms with Crippen LogP contribution in [0.5, 0.6) is 0 Å². The number of alkyl halides is 3. The summed E-state index contributed by atoms with van der Waals surface area (Å²) in [6.07, 6.45) is -1.65. The molecule has 10 nitrogen and oxygen atoms in total. The zero-order chi connectivity index (χ0) is 24.5. The molecule has 180 valence electrons. The second kappa shape index (κ2) is 9.02. The van der Waals surface area contributed by atoms with Crippen molar-refractivity contribution in [3.63, 3.8) is 0 Å². The number of sulfonamides is 1. The Morgan fingerprint density at radius 3 is 2.53 bits per heavy atom. The number of aromatic nitrogens is 3. The zero-order valence-corrected chi connectivity index (χ0v) is 18.4. The van der Waals surface area contributed by atoms with E-state index in [1.54, 1.807) is 0 Å². The zero-order valence-electron chi connectivity index (χ0n) is 17.6. The van der Waals surface area contributed by atoms with E-state index in [0.29, 0.717) is 30.3 Å². The lowest BCUT2D eigenvalue weighted by atomic mass is 10.2. The molecule has 1 amide bonds. The van der Waals surface area contributed by atoms with Crippen LogP contribution >= 0.6 is 0 Å². The number of primary sulfonamides is 1. The highest BCUT2D eigenvalue weighted by Crippen LogP contribution is 2.28. The van der Waals surface area contributed by atoms with Gasteiger partial charge in [0.25, 0.3) is 0 Å². The van der Waals surface area contributed by atoms with Gasteiger partial charge in [0, 0.05) is 30.2 Å². The lowest BCUT2D eigenvalue weighted by molar-refractivity contribution is -0.121. The van der Waals surface area contributed by atoms with E-state index < -0.39 is 27.8 Å². The minimum absolute atomic E-state index is 0.0728. The van der Waals surface area contributed by atoms with Gasteiger partial charge in [-0.2, -0.15) is 23.3 Å². The topological polar surface area (TPSA) is 144 Å². The Hall–Kier alpha value is -3.52. The van der Waals surface area contributed by atoms with Crippen molar-refractivity contribution < 1.29 is 26.4 Å². The molecular weight excluding hydrogens is 475 g/mol. The van der Waals surface area contributed by atoms with Crippen molar-refractivity contribution in [2.45, 2.75) is 43.3 Å². The van der Waals surface area contributed by atoms with Gasteiger partial charge in [-0.1, -0.05) is 6.42 Å². The average Bonchev–Trinajstić information content (AvgIpc) is 3.08. The first kappa shape index (κ1) is 23.6. The molecule has 0 spiro atoms. The van der Waals surface area contributed by atoms with Gasteiger partial charge in [-0.25, -0.2) is 24.0 Å². The van der Waals surface area contributed by atoms with Crippen LogP contribution in [0.15, 0.2) is 46.5 Å². The van der Waals surface area contributed by atoms with E-state index in [1.807, 2.05) is 5.43 Å². The van der Waals surface area contributed by atoms with Crippen molar-refractivity contribution in [3.05, 3.63) is 42.2 Å². The fourth-order valence-electron chi connectivity index (χ4n) is 3.55. The average molecular weight is 495 g/mol. The highest BCUT2D eigenvalue weighted by Gasteiger charge is 2.40. The van der Waals surface area contributed by atoms with Gasteiger partial charge in [-0.05, 0) is 43.2 Å². The second-order valence-corrected chi connectivity index (χ2v) is 9.21. The number of benzene rings is 1. The molecule has 0 saturated heterocycles. The number of hydrogen-bond acceptors (Lipinski definition) is 7. The predicted octanol–water partition coefficient (Wildman–Crippen LogP) is 2.78. The quantitative estimate of drug-likeness (QED) is 0.510. The maximum absolute atomic E-state index is 13.8. The molecule has 2 aromatic heterocycles. The van der Waals surface area contributed by atoms with E-state index in [-0.39, 0.29) is 35.2 Å². The largest absolute Gasteiger partial charge is 0.437 e. The number of nitrogens with two attached hydrogens (primary N) is 1. The van der Waals surface area contributed by atoms with E-state index in [0.717, 1.165) is 0 Å². The van der Waals surface area contributed by atoms with Crippen LogP contribution in [0.1, 0.15) is 31.4 Å². The summed E-state index contributed by atoms with van der Waals surface area (Å²) in [5.74, 6) is -0.476. The normalized spacial score (nSPS) is 15.8. The summed E-state index contributed by atoms with van der Waals surface area (Å²) in [5, 5.41) is 11.7. The van der Waals surface area contributed by atoms with Crippen LogP contribution in [-0.4, -0.2) is 40.7 Å². The molecule has 34 heavy (non-hydrogen) atoms. The maximum Gasteiger partial charge on any atom is 0.437 e. The van der Waals surface area contributed by atoms with Crippen LogP contribution in [0.25, 0.3) is 11.0 Å². The summed E-state index contributed by atoms with van der Waals surface area (Å²) in [5.41, 5.74) is 1.26. The number of anilines is 2. The standard InChI is InChI=1S/C20H20F3N7O3S/c21-20(22,23)17-15-10-12-11-25-19(26-13-5-7-14(8-6-13)34(24,32)33)27-18(12)30(15)9-3-1-2-4-16(31)28-29-17/h5-8,10-11H,1-4,9H2,(H,28,31)(H2,24,32,33)(H,25,26,27). The van der Waals surface area contributed by atoms with Gasteiger partial charge in [-0.3, -0.25) is 4.79 Å². The number of aryl methyl sites for hydroxylation is 1. The molecule has 0 aliphatic carbocycles. The van der Waals surface area contributed by atoms with Crippen molar-refractivity contribution in [2.75, 3.05) is 5.32 Å². The number of rotatable bonds is 3. The lowest BCUT2D eigenvalue weighted by Gasteiger charge is -2.14. The molecule has 0 bridgehead atoms. The smallest absolute Gasteiger partial charge is 0.324 e. The van der Waals surface area contributed by atoms with Gasteiger partial charge in [-0.15, -0.1) is 0 Å². The molecule has 1 aliphatic rings. The highest BCUT2D eigenvalue weighted by atomic mass is 32.2. The van der Waals surface area contributed by atoms with Crippen LogP contribution in [0.4, 0.5) is 24.8 Å². The van der Waals surface area contributed by atoms with Crippen molar-refractivity contribution >= 4 is 44.3 Å². The Morgan fingerprint density at radius 1 is 1.12 bits per heavy atom. The molecule has 3 heterocycles. The van der Waals surface area contributed by atoms with Gasteiger partial charge in [0.05, 0.1) is 10.6 Å². The van der Waals surface area contributed by atoms with E-state index >= 15 is 0 Å². The predicted molar refractivity (Wildman–Crippen MR) is 118 cm³/mol. The number of nitrogens with zero attached hydrogens (tertiary/aromatic N) is 4. The van der Waals surface area contributed by atoms with Gasteiger partial charge in [0.1, 0.15) is 5.65 Å². The number of carbonyl (C=O) groups is 1. The summed E-state index contributed by atoms with van der Waals surface area (Å²) in [4.78, 5) is 20.3. The minimum atomic E-state index is -4.81. The Kier molecular flexibility index (Phi) is 6.27. The third kappa shape index (κ3) is 5.17. The molecule has 4 N–H and O–H groups in total. The molecule has 3 aromatic rings. The molecular formula is C20H20F3N7O3S. The van der Waals surface area contributed by atoms with E-state index in [2.05, 4.69) is 20.4 Å². The maximum atomic E-state index is 13.8. The first-order valence-electron chi connectivity index (χ1n) is 10.2. The molecule has 4 rings (SSSR count). The van der Waals surface area contributed by atoms with Crippen molar-refractivity contribution in [2.24, 2.45) is 10.2 Å². The van der Waals surface area contributed by atoms with Crippen molar-refractivity contribution in [1.29, 1.82) is 0 Å². The fourth-order valence-corrected chi connectivity index (χ4v) is 4.07. The number of hydrazone groups is 1. The van der Waals surface area contributed by atoms with Gasteiger partial charge in [0.15, 0.2) is 5.71 Å². The molecule has 0 atom stereocenters. The first-order valence-corrected chi connectivity index (χ1v) is 11.8. The first-order chi connectivity index (χ1) is 16.0. The van der Waals surface area contributed by atoms with Gasteiger partial charge >= 0.3 is 6.18 Å². The van der Waals surface area contributed by atoms with Crippen LogP contribution in [0, 0.1) is 0 Å². The molecule has 14 heteroatoms. The van der Waals surface area contributed by atoms with Crippen LogP contribution in [-0.2, 0) is 21.4 Å². The lowest BCUT2D eigenvalue weighted by Crippen LogP contribution is -2.30. The van der Waals surface area contributed by atoms with Crippen molar-refractivity contribution in [1.82, 2.24) is 20.0 Å². The van der Waals surface area contributed by atoms with Gasteiger partial charge in [0.2, 0.25) is 21.9 Å². The molecule has 1 aromatic carbocycles.